The van der Waals surface area contributed by atoms with Gasteiger partial charge in [-0.3, -0.25) is 4.79 Å². The number of amides is 1. The first-order valence-corrected chi connectivity index (χ1v) is 12.2. The second-order valence-electron chi connectivity index (χ2n) is 9.92. The van der Waals surface area contributed by atoms with E-state index in [0.29, 0.717) is 33.6 Å². The lowest BCUT2D eigenvalue weighted by atomic mass is 9.54. The molecule has 0 spiro atoms. The lowest BCUT2D eigenvalue weighted by Gasteiger charge is -2.54. The van der Waals surface area contributed by atoms with Crippen molar-refractivity contribution in [2.45, 2.75) is 63.8 Å². The van der Waals surface area contributed by atoms with E-state index in [1.165, 1.54) is 32.1 Å². The molecule has 0 unspecified atom stereocenters. The Morgan fingerprint density at radius 2 is 1.67 bits per heavy atom. The van der Waals surface area contributed by atoms with Gasteiger partial charge in [-0.2, -0.15) is 5.10 Å². The van der Waals surface area contributed by atoms with Crippen molar-refractivity contribution in [3.8, 4) is 5.69 Å². The SMILES string of the molecule is O=C(NC1C2CC3CC(C2)CC1C3)c1nn(-c2ccc(Cl)c(Cl)c2)c2c1CCCC2. The molecule has 4 bridgehead atoms. The molecular formula is C24H27Cl2N3O. The molecule has 4 nitrogen and oxygen atoms in total. The summed E-state index contributed by atoms with van der Waals surface area (Å²) in [6, 6.07) is 5.89. The molecule has 0 atom stereocenters. The number of hydrogen-bond donors (Lipinski definition) is 1. The van der Waals surface area contributed by atoms with Gasteiger partial charge in [0.25, 0.3) is 5.91 Å². The maximum Gasteiger partial charge on any atom is 0.272 e. The van der Waals surface area contributed by atoms with Crippen molar-refractivity contribution in [2.75, 3.05) is 0 Å². The van der Waals surface area contributed by atoms with Gasteiger partial charge in [0.05, 0.1) is 15.7 Å². The van der Waals surface area contributed by atoms with E-state index in [1.807, 2.05) is 16.8 Å². The van der Waals surface area contributed by atoms with Crippen molar-refractivity contribution in [3.05, 3.63) is 45.2 Å². The average molecular weight is 444 g/mol. The Morgan fingerprint density at radius 3 is 2.37 bits per heavy atom. The maximum atomic E-state index is 13.4. The Hall–Kier alpha value is -1.52. The van der Waals surface area contributed by atoms with Crippen molar-refractivity contribution in [1.82, 2.24) is 15.1 Å². The first-order valence-electron chi connectivity index (χ1n) is 11.4. The third-order valence-electron chi connectivity index (χ3n) is 8.07. The molecular weight excluding hydrogens is 417 g/mol. The van der Waals surface area contributed by atoms with E-state index in [-0.39, 0.29) is 5.91 Å². The van der Waals surface area contributed by atoms with Gasteiger partial charge >= 0.3 is 0 Å². The summed E-state index contributed by atoms with van der Waals surface area (Å²) in [7, 11) is 0. The summed E-state index contributed by atoms with van der Waals surface area (Å²) < 4.78 is 1.92. The Kier molecular flexibility index (Phi) is 4.65. The molecule has 2 aromatic rings. The van der Waals surface area contributed by atoms with Gasteiger partial charge in [-0.05, 0) is 99.7 Å². The predicted octanol–water partition coefficient (Wildman–Crippen LogP) is 5.61. The molecule has 4 fully saturated rings. The summed E-state index contributed by atoms with van der Waals surface area (Å²) in [6.45, 7) is 0. The molecule has 5 aliphatic rings. The molecule has 0 radical (unpaired) electrons. The van der Waals surface area contributed by atoms with E-state index in [9.17, 15) is 4.79 Å². The molecule has 1 heterocycles. The normalized spacial score (nSPS) is 31.6. The van der Waals surface area contributed by atoms with E-state index in [4.69, 9.17) is 28.3 Å². The van der Waals surface area contributed by atoms with Crippen molar-refractivity contribution >= 4 is 29.1 Å². The molecule has 7 rings (SSSR count). The van der Waals surface area contributed by atoms with Gasteiger partial charge < -0.3 is 5.32 Å². The van der Waals surface area contributed by atoms with Crippen LogP contribution in [0.15, 0.2) is 18.2 Å². The Morgan fingerprint density at radius 1 is 0.967 bits per heavy atom. The fourth-order valence-electron chi connectivity index (χ4n) is 6.99. The highest BCUT2D eigenvalue weighted by Gasteiger charge is 2.48. The number of nitrogens with one attached hydrogen (secondary N) is 1. The highest BCUT2D eigenvalue weighted by Crippen LogP contribution is 2.53. The smallest absolute Gasteiger partial charge is 0.272 e. The summed E-state index contributed by atoms with van der Waals surface area (Å²) in [5, 5.41) is 9.31. The average Bonchev–Trinajstić information content (AvgIpc) is 3.12. The van der Waals surface area contributed by atoms with Crippen LogP contribution in [0.3, 0.4) is 0 Å². The van der Waals surface area contributed by atoms with Crippen LogP contribution in [0.5, 0.6) is 0 Å². The fourth-order valence-corrected chi connectivity index (χ4v) is 7.28. The largest absolute Gasteiger partial charge is 0.347 e. The molecule has 1 amide bonds. The molecule has 1 aromatic carbocycles. The molecule has 1 N–H and O–H groups in total. The van der Waals surface area contributed by atoms with Gasteiger partial charge in [0, 0.05) is 17.3 Å². The van der Waals surface area contributed by atoms with E-state index in [0.717, 1.165) is 54.5 Å². The molecule has 6 heteroatoms. The van der Waals surface area contributed by atoms with E-state index < -0.39 is 0 Å². The molecule has 0 aliphatic heterocycles. The highest BCUT2D eigenvalue weighted by molar-refractivity contribution is 6.42. The summed E-state index contributed by atoms with van der Waals surface area (Å²) in [6.07, 6.45) is 10.7. The second-order valence-corrected chi connectivity index (χ2v) is 10.7. The third kappa shape index (κ3) is 3.10. The Labute approximate surface area is 187 Å². The summed E-state index contributed by atoms with van der Waals surface area (Å²) in [5.41, 5.74) is 3.75. The molecule has 1 aromatic heterocycles. The zero-order valence-corrected chi connectivity index (χ0v) is 18.6. The summed E-state index contributed by atoms with van der Waals surface area (Å²) >= 11 is 12.4. The zero-order chi connectivity index (χ0) is 20.4. The van der Waals surface area contributed by atoms with Gasteiger partial charge in [0.2, 0.25) is 0 Å². The number of aromatic nitrogens is 2. The number of rotatable bonds is 3. The van der Waals surface area contributed by atoms with Crippen LogP contribution in [0.1, 0.15) is 66.7 Å². The highest BCUT2D eigenvalue weighted by atomic mass is 35.5. The number of hydrogen-bond acceptors (Lipinski definition) is 2. The minimum Gasteiger partial charge on any atom is -0.347 e. The molecule has 158 valence electrons. The fraction of sp³-hybridized carbons (Fsp3) is 0.583. The standard InChI is InChI=1S/C24H27Cl2N3O/c25-19-6-5-17(12-20(19)26)29-21-4-2-1-3-18(21)23(28-29)24(30)27-22-15-8-13-7-14(10-15)11-16(22)9-13/h5-6,12-16,22H,1-4,7-11H2,(H,27,30). The van der Waals surface area contributed by atoms with Crippen LogP contribution in [0, 0.1) is 23.7 Å². The minimum atomic E-state index is 0.0180. The van der Waals surface area contributed by atoms with Crippen molar-refractivity contribution < 1.29 is 4.79 Å². The van der Waals surface area contributed by atoms with Gasteiger partial charge in [0.15, 0.2) is 5.69 Å². The van der Waals surface area contributed by atoms with Crippen molar-refractivity contribution in [1.29, 1.82) is 0 Å². The van der Waals surface area contributed by atoms with Crippen molar-refractivity contribution in [3.63, 3.8) is 0 Å². The monoisotopic (exact) mass is 443 g/mol. The first-order chi connectivity index (χ1) is 14.6. The van der Waals surface area contributed by atoms with E-state index >= 15 is 0 Å². The topological polar surface area (TPSA) is 46.9 Å². The van der Waals surface area contributed by atoms with Gasteiger partial charge in [-0.1, -0.05) is 23.2 Å². The number of benzene rings is 1. The van der Waals surface area contributed by atoms with Crippen LogP contribution in [0.4, 0.5) is 0 Å². The molecule has 4 saturated carbocycles. The Bertz CT molecular complexity index is 986. The molecule has 5 aliphatic carbocycles. The van der Waals surface area contributed by atoms with E-state index in [1.54, 1.807) is 6.07 Å². The van der Waals surface area contributed by atoms with Crippen LogP contribution in [0.25, 0.3) is 5.69 Å². The zero-order valence-electron chi connectivity index (χ0n) is 17.0. The minimum absolute atomic E-state index is 0.0180. The van der Waals surface area contributed by atoms with Crippen LogP contribution in [-0.4, -0.2) is 21.7 Å². The summed E-state index contributed by atoms with van der Waals surface area (Å²) in [5.74, 6) is 3.16. The predicted molar refractivity (Wildman–Crippen MR) is 119 cm³/mol. The maximum absolute atomic E-state index is 13.4. The number of nitrogens with zero attached hydrogens (tertiary/aromatic N) is 2. The van der Waals surface area contributed by atoms with Crippen LogP contribution in [-0.2, 0) is 12.8 Å². The summed E-state index contributed by atoms with van der Waals surface area (Å²) in [4.78, 5) is 13.4. The lowest BCUT2D eigenvalue weighted by molar-refractivity contribution is -0.0120. The lowest BCUT2D eigenvalue weighted by Crippen LogP contribution is -2.56. The van der Waals surface area contributed by atoms with Crippen LogP contribution >= 0.6 is 23.2 Å². The molecule has 30 heavy (non-hydrogen) atoms. The second kappa shape index (κ2) is 7.27. The number of carbonyl (C=O) groups excluding carboxylic acids is 1. The first kappa shape index (κ1) is 19.2. The third-order valence-corrected chi connectivity index (χ3v) is 8.81. The quantitative estimate of drug-likeness (QED) is 0.669. The Balaban J connectivity index is 1.32. The number of halogens is 2. The molecule has 0 saturated heterocycles. The number of fused-ring (bicyclic) bond motifs is 1. The van der Waals surface area contributed by atoms with Gasteiger partial charge in [-0.25, -0.2) is 4.68 Å². The number of carbonyl (C=O) groups is 1. The van der Waals surface area contributed by atoms with Gasteiger partial charge in [0.1, 0.15) is 0 Å². The van der Waals surface area contributed by atoms with E-state index in [2.05, 4.69) is 5.32 Å². The van der Waals surface area contributed by atoms with Crippen LogP contribution < -0.4 is 5.32 Å². The van der Waals surface area contributed by atoms with Crippen molar-refractivity contribution in [2.24, 2.45) is 23.7 Å². The van der Waals surface area contributed by atoms with Gasteiger partial charge in [-0.15, -0.1) is 0 Å². The van der Waals surface area contributed by atoms with Crippen LogP contribution in [0.2, 0.25) is 10.0 Å².